The van der Waals surface area contributed by atoms with Crippen LogP contribution in [0.4, 0.5) is 0 Å². The van der Waals surface area contributed by atoms with Crippen LogP contribution in [0.2, 0.25) is 0 Å². The van der Waals surface area contributed by atoms with Crippen LogP contribution in [0, 0.1) is 5.92 Å². The molecule has 2 rings (SSSR count). The molecule has 1 heterocycles. The van der Waals surface area contributed by atoms with E-state index in [0.717, 1.165) is 23.1 Å². The van der Waals surface area contributed by atoms with Gasteiger partial charge in [-0.05, 0) is 31.9 Å². The number of fused-ring (bicyclic) bond motifs is 1. The summed E-state index contributed by atoms with van der Waals surface area (Å²) in [6.07, 6.45) is 0.762. The highest BCUT2D eigenvalue weighted by Crippen LogP contribution is 2.29. The molecular weight excluding hydrogens is 306 g/mol. The Hall–Kier alpha value is -1.03. The first-order valence-electron chi connectivity index (χ1n) is 6.50. The number of benzene rings is 1. The van der Waals surface area contributed by atoms with E-state index in [-0.39, 0.29) is 17.4 Å². The van der Waals surface area contributed by atoms with Gasteiger partial charge in [-0.1, -0.05) is 34.1 Å². The SMILES string of the molecule is CN(C(=O)C1COc2ccccc2C1)C(C)(C)CBr. The fraction of sp³-hybridized carbons (Fsp3) is 0.533. The van der Waals surface area contributed by atoms with Crippen LogP contribution >= 0.6 is 15.9 Å². The lowest BCUT2D eigenvalue weighted by atomic mass is 9.94. The van der Waals surface area contributed by atoms with Crippen molar-refractivity contribution in [1.29, 1.82) is 0 Å². The van der Waals surface area contributed by atoms with Crippen LogP contribution in [0.3, 0.4) is 0 Å². The smallest absolute Gasteiger partial charge is 0.229 e. The minimum atomic E-state index is -0.186. The average molecular weight is 326 g/mol. The van der Waals surface area contributed by atoms with Crippen LogP contribution < -0.4 is 4.74 Å². The molecule has 1 aromatic rings. The highest BCUT2D eigenvalue weighted by atomic mass is 79.9. The number of hydrogen-bond donors (Lipinski definition) is 0. The van der Waals surface area contributed by atoms with Crippen LogP contribution in [0.15, 0.2) is 24.3 Å². The second-order valence-corrected chi connectivity index (χ2v) is 6.22. The summed E-state index contributed by atoms with van der Waals surface area (Å²) >= 11 is 3.46. The average Bonchev–Trinajstić information content (AvgIpc) is 2.45. The van der Waals surface area contributed by atoms with Crippen molar-refractivity contribution >= 4 is 21.8 Å². The van der Waals surface area contributed by atoms with Crippen molar-refractivity contribution in [3.63, 3.8) is 0 Å². The number of hydrogen-bond acceptors (Lipinski definition) is 2. The lowest BCUT2D eigenvalue weighted by Crippen LogP contribution is -2.50. The molecule has 0 aliphatic carbocycles. The van der Waals surface area contributed by atoms with Gasteiger partial charge < -0.3 is 9.64 Å². The van der Waals surface area contributed by atoms with Gasteiger partial charge >= 0.3 is 0 Å². The molecular formula is C15H20BrNO2. The minimum Gasteiger partial charge on any atom is -0.492 e. The Labute approximate surface area is 123 Å². The summed E-state index contributed by atoms with van der Waals surface area (Å²) in [4.78, 5) is 14.4. The number of para-hydroxylation sites is 1. The lowest BCUT2D eigenvalue weighted by molar-refractivity contribution is -0.139. The van der Waals surface area contributed by atoms with E-state index < -0.39 is 0 Å². The predicted octanol–water partition coefficient (Wildman–Crippen LogP) is 2.87. The molecule has 0 spiro atoms. The van der Waals surface area contributed by atoms with E-state index in [0.29, 0.717) is 6.61 Å². The highest BCUT2D eigenvalue weighted by molar-refractivity contribution is 9.09. The molecule has 1 aliphatic rings. The van der Waals surface area contributed by atoms with Crippen molar-refractivity contribution in [3.05, 3.63) is 29.8 Å². The van der Waals surface area contributed by atoms with Gasteiger partial charge in [-0.3, -0.25) is 4.79 Å². The van der Waals surface area contributed by atoms with E-state index in [1.165, 1.54) is 0 Å². The first kappa shape index (κ1) is 14.4. The van der Waals surface area contributed by atoms with Crippen LogP contribution in [-0.2, 0) is 11.2 Å². The predicted molar refractivity (Wildman–Crippen MR) is 79.8 cm³/mol. The molecule has 1 unspecified atom stereocenters. The van der Waals surface area contributed by atoms with Crippen molar-refractivity contribution < 1.29 is 9.53 Å². The van der Waals surface area contributed by atoms with E-state index in [2.05, 4.69) is 29.8 Å². The molecule has 0 saturated carbocycles. The number of rotatable bonds is 3. The van der Waals surface area contributed by atoms with Gasteiger partial charge in [0, 0.05) is 17.9 Å². The van der Waals surface area contributed by atoms with Gasteiger partial charge in [0.15, 0.2) is 0 Å². The third-order valence-corrected chi connectivity index (χ3v) is 5.17. The molecule has 104 valence electrons. The van der Waals surface area contributed by atoms with Gasteiger partial charge in [-0.2, -0.15) is 0 Å². The highest BCUT2D eigenvalue weighted by Gasteiger charge is 2.33. The summed E-state index contributed by atoms with van der Waals surface area (Å²) in [5.74, 6) is 0.978. The maximum Gasteiger partial charge on any atom is 0.229 e. The van der Waals surface area contributed by atoms with Crippen LogP contribution in [0.25, 0.3) is 0 Å². The van der Waals surface area contributed by atoms with E-state index >= 15 is 0 Å². The zero-order chi connectivity index (χ0) is 14.0. The summed E-state index contributed by atoms with van der Waals surface area (Å²) in [6.45, 7) is 4.58. The maximum absolute atomic E-state index is 12.5. The minimum absolute atomic E-state index is 0.0850. The number of ether oxygens (including phenoxy) is 1. The van der Waals surface area contributed by atoms with Gasteiger partial charge in [-0.25, -0.2) is 0 Å². The molecule has 0 fully saturated rings. The van der Waals surface area contributed by atoms with Crippen LogP contribution in [-0.4, -0.2) is 35.3 Å². The summed E-state index contributed by atoms with van der Waals surface area (Å²) < 4.78 is 5.69. The van der Waals surface area contributed by atoms with Crippen molar-refractivity contribution in [2.75, 3.05) is 19.0 Å². The van der Waals surface area contributed by atoms with E-state index in [1.54, 1.807) is 0 Å². The first-order chi connectivity index (χ1) is 8.95. The molecule has 0 saturated heterocycles. The molecule has 3 nitrogen and oxygen atoms in total. The number of amides is 1. The van der Waals surface area contributed by atoms with Crippen molar-refractivity contribution in [2.45, 2.75) is 25.8 Å². The standard InChI is InChI=1S/C15H20BrNO2/c1-15(2,10-16)17(3)14(18)12-8-11-6-4-5-7-13(11)19-9-12/h4-7,12H,8-10H2,1-3H3. The zero-order valence-corrected chi connectivity index (χ0v) is 13.2. The van der Waals surface area contributed by atoms with Gasteiger partial charge in [0.1, 0.15) is 12.4 Å². The first-order valence-corrected chi connectivity index (χ1v) is 7.62. The largest absolute Gasteiger partial charge is 0.492 e. The Morgan fingerprint density at radius 2 is 2.16 bits per heavy atom. The summed E-state index contributed by atoms with van der Waals surface area (Å²) in [6, 6.07) is 7.94. The zero-order valence-electron chi connectivity index (χ0n) is 11.6. The Balaban J connectivity index is 2.11. The molecule has 4 heteroatoms. The van der Waals surface area contributed by atoms with E-state index in [1.807, 2.05) is 36.2 Å². The second kappa shape index (κ2) is 5.53. The maximum atomic E-state index is 12.5. The number of nitrogens with zero attached hydrogens (tertiary/aromatic N) is 1. The molecule has 1 aliphatic heterocycles. The van der Waals surface area contributed by atoms with Crippen LogP contribution in [0.1, 0.15) is 19.4 Å². The monoisotopic (exact) mass is 325 g/mol. The molecule has 19 heavy (non-hydrogen) atoms. The Morgan fingerprint density at radius 3 is 2.84 bits per heavy atom. The number of halogens is 1. The lowest BCUT2D eigenvalue weighted by Gasteiger charge is -2.37. The Bertz CT molecular complexity index is 473. The Morgan fingerprint density at radius 1 is 1.47 bits per heavy atom. The topological polar surface area (TPSA) is 29.5 Å². The third-order valence-electron chi connectivity index (χ3n) is 3.79. The quantitative estimate of drug-likeness (QED) is 0.800. The van der Waals surface area contributed by atoms with Gasteiger partial charge in [0.2, 0.25) is 5.91 Å². The normalized spacial score (nSPS) is 18.4. The van der Waals surface area contributed by atoms with Crippen molar-refractivity contribution in [1.82, 2.24) is 4.90 Å². The number of alkyl halides is 1. The van der Waals surface area contributed by atoms with Gasteiger partial charge in [0.05, 0.1) is 5.92 Å². The van der Waals surface area contributed by atoms with Crippen molar-refractivity contribution in [3.8, 4) is 5.75 Å². The molecule has 0 N–H and O–H groups in total. The number of carbonyl (C=O) groups excluding carboxylic acids is 1. The summed E-state index contributed by atoms with van der Waals surface area (Å²) in [5, 5.41) is 0.756. The fourth-order valence-corrected chi connectivity index (χ4v) is 2.52. The van der Waals surface area contributed by atoms with E-state index in [4.69, 9.17) is 4.74 Å². The fourth-order valence-electron chi connectivity index (χ4n) is 2.15. The Kier molecular flexibility index (Phi) is 4.19. The van der Waals surface area contributed by atoms with Gasteiger partial charge in [0.25, 0.3) is 0 Å². The number of carbonyl (C=O) groups is 1. The van der Waals surface area contributed by atoms with Crippen LogP contribution in [0.5, 0.6) is 5.75 Å². The molecule has 0 aromatic heterocycles. The molecule has 0 bridgehead atoms. The molecule has 1 aromatic carbocycles. The molecule has 1 amide bonds. The summed E-state index contributed by atoms with van der Waals surface area (Å²) in [5.41, 5.74) is 0.936. The molecule has 0 radical (unpaired) electrons. The second-order valence-electron chi connectivity index (χ2n) is 5.66. The van der Waals surface area contributed by atoms with Crippen molar-refractivity contribution in [2.24, 2.45) is 5.92 Å². The summed E-state index contributed by atoms with van der Waals surface area (Å²) in [7, 11) is 1.87. The van der Waals surface area contributed by atoms with E-state index in [9.17, 15) is 4.79 Å². The third kappa shape index (κ3) is 2.94. The van der Waals surface area contributed by atoms with Gasteiger partial charge in [-0.15, -0.1) is 0 Å². The molecule has 1 atom stereocenters.